The van der Waals surface area contributed by atoms with E-state index in [1.165, 1.54) is 24.0 Å². The van der Waals surface area contributed by atoms with Crippen molar-refractivity contribution in [2.75, 3.05) is 0 Å². The highest BCUT2D eigenvalue weighted by molar-refractivity contribution is 5.44. The molecular weight excluding hydrogens is 198 g/mol. The standard InChI is InChI=1S/C14H19NO/c15-14(6-7-14)5-4-12-8-10-2-1-3-11(10)9-13(12)16/h8-9,16H,1-7,15H2. The molecule has 0 heterocycles. The summed E-state index contributed by atoms with van der Waals surface area (Å²) < 4.78 is 0. The van der Waals surface area contributed by atoms with Gasteiger partial charge < -0.3 is 10.8 Å². The molecule has 2 aliphatic rings. The summed E-state index contributed by atoms with van der Waals surface area (Å²) in [6, 6.07) is 4.16. The second-order valence-corrected chi connectivity index (χ2v) is 5.47. The molecule has 0 spiro atoms. The van der Waals surface area contributed by atoms with Crippen molar-refractivity contribution in [3.05, 3.63) is 28.8 Å². The summed E-state index contributed by atoms with van der Waals surface area (Å²) in [6.45, 7) is 0. The zero-order valence-electron chi connectivity index (χ0n) is 9.63. The molecule has 3 N–H and O–H groups in total. The molecule has 2 nitrogen and oxygen atoms in total. The van der Waals surface area contributed by atoms with Gasteiger partial charge in [0.15, 0.2) is 0 Å². The molecule has 0 aliphatic heterocycles. The van der Waals surface area contributed by atoms with Crippen LogP contribution in [0.15, 0.2) is 12.1 Å². The molecular formula is C14H19NO. The van der Waals surface area contributed by atoms with E-state index in [1.54, 1.807) is 0 Å². The lowest BCUT2D eigenvalue weighted by Gasteiger charge is -2.11. The minimum Gasteiger partial charge on any atom is -0.508 e. The minimum absolute atomic E-state index is 0.0887. The van der Waals surface area contributed by atoms with Crippen molar-refractivity contribution in [1.82, 2.24) is 0 Å². The van der Waals surface area contributed by atoms with E-state index < -0.39 is 0 Å². The van der Waals surface area contributed by atoms with Crippen molar-refractivity contribution in [2.45, 2.75) is 50.5 Å². The number of hydrogen-bond acceptors (Lipinski definition) is 2. The van der Waals surface area contributed by atoms with Gasteiger partial charge in [0.25, 0.3) is 0 Å². The van der Waals surface area contributed by atoms with Crippen LogP contribution in [0.5, 0.6) is 5.75 Å². The van der Waals surface area contributed by atoms with Crippen molar-refractivity contribution in [2.24, 2.45) is 5.73 Å². The van der Waals surface area contributed by atoms with Gasteiger partial charge in [-0.2, -0.15) is 0 Å². The second-order valence-electron chi connectivity index (χ2n) is 5.47. The minimum atomic E-state index is 0.0887. The summed E-state index contributed by atoms with van der Waals surface area (Å²) in [5, 5.41) is 9.95. The number of rotatable bonds is 3. The number of aromatic hydroxyl groups is 1. The van der Waals surface area contributed by atoms with Crippen LogP contribution in [0.3, 0.4) is 0 Å². The lowest BCUT2D eigenvalue weighted by atomic mass is 9.99. The third kappa shape index (κ3) is 1.82. The van der Waals surface area contributed by atoms with Gasteiger partial charge >= 0.3 is 0 Å². The second kappa shape index (κ2) is 3.49. The van der Waals surface area contributed by atoms with E-state index in [4.69, 9.17) is 5.73 Å². The van der Waals surface area contributed by atoms with Gasteiger partial charge in [0, 0.05) is 5.54 Å². The zero-order chi connectivity index (χ0) is 11.2. The number of fused-ring (bicyclic) bond motifs is 1. The smallest absolute Gasteiger partial charge is 0.119 e. The third-order valence-electron chi connectivity index (χ3n) is 4.08. The predicted molar refractivity (Wildman–Crippen MR) is 64.6 cm³/mol. The average Bonchev–Trinajstić information content (AvgIpc) is 2.82. The molecule has 0 unspecified atom stereocenters. The fourth-order valence-corrected chi connectivity index (χ4v) is 2.66. The highest BCUT2D eigenvalue weighted by Crippen LogP contribution is 2.38. The van der Waals surface area contributed by atoms with Gasteiger partial charge in [-0.25, -0.2) is 0 Å². The quantitative estimate of drug-likeness (QED) is 0.816. The summed E-state index contributed by atoms with van der Waals surface area (Å²) in [5.74, 6) is 0.477. The number of phenols is 1. The van der Waals surface area contributed by atoms with Crippen LogP contribution in [0.2, 0.25) is 0 Å². The Morgan fingerprint density at radius 2 is 1.88 bits per heavy atom. The molecule has 2 heteroatoms. The Bertz CT molecular complexity index is 421. The first kappa shape index (κ1) is 10.2. The lowest BCUT2D eigenvalue weighted by molar-refractivity contribution is 0.463. The molecule has 2 aliphatic carbocycles. The number of nitrogens with two attached hydrogens (primary N) is 1. The predicted octanol–water partition coefficient (Wildman–Crippen LogP) is 2.30. The molecule has 1 saturated carbocycles. The van der Waals surface area contributed by atoms with Crippen LogP contribution in [-0.2, 0) is 19.3 Å². The van der Waals surface area contributed by atoms with Gasteiger partial charge in [-0.05, 0) is 67.7 Å². The van der Waals surface area contributed by atoms with E-state index in [2.05, 4.69) is 6.07 Å². The number of hydrogen-bond donors (Lipinski definition) is 2. The molecule has 0 atom stereocenters. The van der Waals surface area contributed by atoms with Crippen LogP contribution in [-0.4, -0.2) is 10.6 Å². The van der Waals surface area contributed by atoms with Crippen molar-refractivity contribution >= 4 is 0 Å². The molecule has 1 aromatic rings. The molecule has 0 radical (unpaired) electrons. The van der Waals surface area contributed by atoms with Crippen LogP contribution in [0.4, 0.5) is 0 Å². The van der Waals surface area contributed by atoms with E-state index in [1.807, 2.05) is 6.07 Å². The Labute approximate surface area is 96.5 Å². The van der Waals surface area contributed by atoms with Gasteiger partial charge in [0.2, 0.25) is 0 Å². The van der Waals surface area contributed by atoms with Crippen molar-refractivity contribution < 1.29 is 5.11 Å². The van der Waals surface area contributed by atoms with Crippen LogP contribution >= 0.6 is 0 Å². The van der Waals surface area contributed by atoms with Gasteiger partial charge in [0.05, 0.1) is 0 Å². The average molecular weight is 217 g/mol. The van der Waals surface area contributed by atoms with Crippen LogP contribution in [0, 0.1) is 0 Å². The van der Waals surface area contributed by atoms with Gasteiger partial charge in [-0.15, -0.1) is 0 Å². The Morgan fingerprint density at radius 3 is 2.56 bits per heavy atom. The third-order valence-corrected chi connectivity index (χ3v) is 4.08. The van der Waals surface area contributed by atoms with Gasteiger partial charge in [-0.1, -0.05) is 6.07 Å². The first-order valence-corrected chi connectivity index (χ1v) is 6.29. The highest BCUT2D eigenvalue weighted by Gasteiger charge is 2.37. The Kier molecular flexibility index (Phi) is 2.21. The number of benzene rings is 1. The zero-order valence-corrected chi connectivity index (χ0v) is 9.63. The maximum atomic E-state index is 9.95. The van der Waals surface area contributed by atoms with E-state index in [0.717, 1.165) is 37.7 Å². The fourth-order valence-electron chi connectivity index (χ4n) is 2.66. The Morgan fingerprint density at radius 1 is 1.19 bits per heavy atom. The lowest BCUT2D eigenvalue weighted by Crippen LogP contribution is -2.22. The summed E-state index contributed by atoms with van der Waals surface area (Å²) in [7, 11) is 0. The molecule has 0 bridgehead atoms. The SMILES string of the molecule is NC1(CCc2cc3c(cc2O)CCC3)CC1. The summed E-state index contributed by atoms with van der Waals surface area (Å²) in [6.07, 6.45) is 7.78. The summed E-state index contributed by atoms with van der Waals surface area (Å²) in [4.78, 5) is 0. The first-order valence-electron chi connectivity index (χ1n) is 6.29. The maximum absolute atomic E-state index is 9.95. The van der Waals surface area contributed by atoms with Crippen molar-refractivity contribution in [1.29, 1.82) is 0 Å². The molecule has 0 aromatic heterocycles. The fraction of sp³-hybridized carbons (Fsp3) is 0.571. The van der Waals surface area contributed by atoms with E-state index in [0.29, 0.717) is 5.75 Å². The molecule has 0 amide bonds. The normalized spacial score (nSPS) is 20.8. The van der Waals surface area contributed by atoms with E-state index >= 15 is 0 Å². The summed E-state index contributed by atoms with van der Waals surface area (Å²) in [5.41, 5.74) is 10.0. The molecule has 3 rings (SSSR count). The monoisotopic (exact) mass is 217 g/mol. The Hall–Kier alpha value is -1.02. The summed E-state index contributed by atoms with van der Waals surface area (Å²) >= 11 is 0. The molecule has 1 aromatic carbocycles. The molecule has 1 fully saturated rings. The van der Waals surface area contributed by atoms with Crippen LogP contribution < -0.4 is 5.73 Å². The topological polar surface area (TPSA) is 46.2 Å². The molecule has 86 valence electrons. The largest absolute Gasteiger partial charge is 0.508 e. The number of phenolic OH excluding ortho intramolecular Hbond substituents is 1. The molecule has 0 saturated heterocycles. The van der Waals surface area contributed by atoms with Crippen LogP contribution in [0.1, 0.15) is 42.4 Å². The first-order chi connectivity index (χ1) is 7.66. The van der Waals surface area contributed by atoms with Gasteiger partial charge in [-0.3, -0.25) is 0 Å². The van der Waals surface area contributed by atoms with E-state index in [9.17, 15) is 5.11 Å². The van der Waals surface area contributed by atoms with Crippen LogP contribution in [0.25, 0.3) is 0 Å². The van der Waals surface area contributed by atoms with Crippen molar-refractivity contribution in [3.63, 3.8) is 0 Å². The van der Waals surface area contributed by atoms with E-state index in [-0.39, 0.29) is 5.54 Å². The van der Waals surface area contributed by atoms with Gasteiger partial charge in [0.1, 0.15) is 5.75 Å². The highest BCUT2D eigenvalue weighted by atomic mass is 16.3. The molecule has 16 heavy (non-hydrogen) atoms. The Balaban J connectivity index is 1.78. The van der Waals surface area contributed by atoms with Crippen molar-refractivity contribution in [3.8, 4) is 5.75 Å². The maximum Gasteiger partial charge on any atom is 0.119 e. The number of aryl methyl sites for hydroxylation is 3.